The van der Waals surface area contributed by atoms with Crippen LogP contribution in [0.3, 0.4) is 0 Å². The van der Waals surface area contributed by atoms with Crippen molar-refractivity contribution >= 4 is 0 Å². The summed E-state index contributed by atoms with van der Waals surface area (Å²) >= 11 is 0. The normalized spacial score (nSPS) is 18.6. The molecule has 0 radical (unpaired) electrons. The van der Waals surface area contributed by atoms with Gasteiger partial charge >= 0.3 is 0 Å². The van der Waals surface area contributed by atoms with E-state index in [4.69, 9.17) is 0 Å². The molecule has 1 saturated heterocycles. The van der Waals surface area contributed by atoms with Gasteiger partial charge < -0.3 is 5.32 Å². The van der Waals surface area contributed by atoms with E-state index in [0.29, 0.717) is 12.0 Å². The zero-order valence-corrected chi connectivity index (χ0v) is 10.3. The quantitative estimate of drug-likeness (QED) is 0.828. The first kappa shape index (κ1) is 13.2. The molecule has 18 heavy (non-hydrogen) atoms. The predicted octanol–water partition coefficient (Wildman–Crippen LogP) is 2.49. The van der Waals surface area contributed by atoms with Crippen molar-refractivity contribution in [1.82, 2.24) is 10.2 Å². The van der Waals surface area contributed by atoms with Gasteiger partial charge in [0.2, 0.25) is 0 Å². The fourth-order valence-electron chi connectivity index (χ4n) is 2.40. The Balaban J connectivity index is 2.28. The Labute approximate surface area is 106 Å². The van der Waals surface area contributed by atoms with Crippen molar-refractivity contribution in [2.75, 3.05) is 26.2 Å². The minimum absolute atomic E-state index is 0.125. The molecule has 0 saturated carbocycles. The van der Waals surface area contributed by atoms with Crippen LogP contribution >= 0.6 is 0 Å². The van der Waals surface area contributed by atoms with E-state index in [9.17, 15) is 8.78 Å². The molecule has 0 aromatic heterocycles. The van der Waals surface area contributed by atoms with E-state index in [0.717, 1.165) is 32.2 Å². The van der Waals surface area contributed by atoms with Gasteiger partial charge in [-0.15, -0.1) is 6.58 Å². The highest BCUT2D eigenvalue weighted by Gasteiger charge is 2.24. The van der Waals surface area contributed by atoms with Crippen LogP contribution in [-0.4, -0.2) is 31.1 Å². The number of hydrogen-bond donors (Lipinski definition) is 1. The summed E-state index contributed by atoms with van der Waals surface area (Å²) in [6, 6.07) is 4.25. The Morgan fingerprint density at radius 3 is 2.72 bits per heavy atom. The Morgan fingerprint density at radius 1 is 1.33 bits per heavy atom. The largest absolute Gasteiger partial charge is 0.314 e. The van der Waals surface area contributed by atoms with Gasteiger partial charge in [-0.3, -0.25) is 4.90 Å². The molecule has 98 valence electrons. The number of nitrogens with one attached hydrogen (secondary N) is 1. The van der Waals surface area contributed by atoms with E-state index < -0.39 is 11.6 Å². The standard InChI is InChI=1S/C14H18F2N2/c1-2-4-13(18-9-7-17-8-10-18)11-5-3-6-12(15)14(11)16/h2-3,5-6,13,17H,1,4,7-10H2/t13-/m0/s1. The number of rotatable bonds is 4. The molecule has 0 amide bonds. The second kappa shape index (κ2) is 6.07. The number of benzene rings is 1. The first-order chi connectivity index (χ1) is 8.74. The average molecular weight is 252 g/mol. The van der Waals surface area contributed by atoms with Gasteiger partial charge in [0.1, 0.15) is 0 Å². The first-order valence-corrected chi connectivity index (χ1v) is 6.23. The second-order valence-electron chi connectivity index (χ2n) is 4.47. The first-order valence-electron chi connectivity index (χ1n) is 6.23. The number of halogens is 2. The van der Waals surface area contributed by atoms with Crippen LogP contribution < -0.4 is 5.32 Å². The molecule has 1 aliphatic rings. The average Bonchev–Trinajstić information content (AvgIpc) is 2.41. The lowest BCUT2D eigenvalue weighted by molar-refractivity contribution is 0.170. The molecular weight excluding hydrogens is 234 g/mol. The Morgan fingerprint density at radius 2 is 2.06 bits per heavy atom. The van der Waals surface area contributed by atoms with Crippen LogP contribution in [0.15, 0.2) is 30.9 Å². The van der Waals surface area contributed by atoms with Gasteiger partial charge in [-0.2, -0.15) is 0 Å². The van der Waals surface area contributed by atoms with Gasteiger partial charge in [0.25, 0.3) is 0 Å². The molecule has 1 heterocycles. The summed E-state index contributed by atoms with van der Waals surface area (Å²) in [6.45, 7) is 7.16. The van der Waals surface area contributed by atoms with Crippen LogP contribution in [0.5, 0.6) is 0 Å². The summed E-state index contributed by atoms with van der Waals surface area (Å²) in [4.78, 5) is 2.18. The molecule has 0 aliphatic carbocycles. The third-order valence-electron chi connectivity index (χ3n) is 3.32. The summed E-state index contributed by atoms with van der Waals surface area (Å²) in [5.41, 5.74) is 0.428. The molecule has 1 aliphatic heterocycles. The van der Waals surface area contributed by atoms with Crippen molar-refractivity contribution in [3.8, 4) is 0 Å². The van der Waals surface area contributed by atoms with Crippen molar-refractivity contribution in [2.45, 2.75) is 12.5 Å². The van der Waals surface area contributed by atoms with E-state index in [1.807, 2.05) is 0 Å². The van der Waals surface area contributed by atoms with E-state index in [2.05, 4.69) is 16.8 Å². The Bertz CT molecular complexity index is 414. The minimum atomic E-state index is -0.781. The van der Waals surface area contributed by atoms with Gasteiger partial charge in [-0.1, -0.05) is 18.2 Å². The van der Waals surface area contributed by atoms with Gasteiger partial charge in [0, 0.05) is 37.8 Å². The zero-order chi connectivity index (χ0) is 13.0. The smallest absolute Gasteiger partial charge is 0.163 e. The third-order valence-corrected chi connectivity index (χ3v) is 3.32. The molecule has 1 atom stereocenters. The lowest BCUT2D eigenvalue weighted by Crippen LogP contribution is -2.45. The van der Waals surface area contributed by atoms with E-state index in [-0.39, 0.29) is 6.04 Å². The topological polar surface area (TPSA) is 15.3 Å². The molecule has 1 N–H and O–H groups in total. The number of nitrogens with zero attached hydrogens (tertiary/aromatic N) is 1. The van der Waals surface area contributed by atoms with Crippen LogP contribution in [0.2, 0.25) is 0 Å². The summed E-state index contributed by atoms with van der Waals surface area (Å²) in [6.07, 6.45) is 2.39. The van der Waals surface area contributed by atoms with Crippen molar-refractivity contribution in [3.63, 3.8) is 0 Å². The molecule has 1 aromatic carbocycles. The van der Waals surface area contributed by atoms with Crippen LogP contribution in [0.1, 0.15) is 18.0 Å². The molecule has 2 rings (SSSR count). The maximum absolute atomic E-state index is 13.9. The molecule has 4 heteroatoms. The molecule has 0 spiro atoms. The molecule has 2 nitrogen and oxygen atoms in total. The molecule has 0 unspecified atom stereocenters. The summed E-state index contributed by atoms with van der Waals surface area (Å²) < 4.78 is 27.2. The predicted molar refractivity (Wildman–Crippen MR) is 68.4 cm³/mol. The van der Waals surface area contributed by atoms with Gasteiger partial charge in [-0.05, 0) is 12.5 Å². The maximum Gasteiger partial charge on any atom is 0.163 e. The fraction of sp³-hybridized carbons (Fsp3) is 0.429. The van der Waals surface area contributed by atoms with Crippen molar-refractivity contribution in [3.05, 3.63) is 48.1 Å². The van der Waals surface area contributed by atoms with Crippen molar-refractivity contribution < 1.29 is 8.78 Å². The lowest BCUT2D eigenvalue weighted by Gasteiger charge is -2.34. The van der Waals surface area contributed by atoms with Crippen LogP contribution in [0, 0.1) is 11.6 Å². The summed E-state index contributed by atoms with van der Waals surface area (Å²) in [7, 11) is 0. The molecule has 0 bridgehead atoms. The highest BCUT2D eigenvalue weighted by Crippen LogP contribution is 2.28. The molecule has 1 aromatic rings. The Hall–Kier alpha value is -1.26. The van der Waals surface area contributed by atoms with Crippen LogP contribution in [0.4, 0.5) is 8.78 Å². The summed E-state index contributed by atoms with van der Waals surface area (Å²) in [5.74, 6) is -1.51. The van der Waals surface area contributed by atoms with Gasteiger partial charge in [-0.25, -0.2) is 8.78 Å². The van der Waals surface area contributed by atoms with E-state index >= 15 is 0 Å². The SMILES string of the molecule is C=CC[C@@H](c1cccc(F)c1F)N1CCNCC1. The van der Waals surface area contributed by atoms with Gasteiger partial charge in [0.15, 0.2) is 11.6 Å². The van der Waals surface area contributed by atoms with E-state index in [1.54, 1.807) is 18.2 Å². The maximum atomic E-state index is 13.9. The fourth-order valence-corrected chi connectivity index (χ4v) is 2.40. The highest BCUT2D eigenvalue weighted by atomic mass is 19.2. The Kier molecular flexibility index (Phi) is 4.44. The second-order valence-corrected chi connectivity index (χ2v) is 4.47. The number of hydrogen-bond acceptors (Lipinski definition) is 2. The monoisotopic (exact) mass is 252 g/mol. The number of piperazine rings is 1. The third kappa shape index (κ3) is 2.76. The van der Waals surface area contributed by atoms with Crippen LogP contribution in [0.25, 0.3) is 0 Å². The highest BCUT2D eigenvalue weighted by molar-refractivity contribution is 5.23. The van der Waals surface area contributed by atoms with Crippen molar-refractivity contribution in [1.29, 1.82) is 0 Å². The van der Waals surface area contributed by atoms with Gasteiger partial charge in [0.05, 0.1) is 0 Å². The zero-order valence-electron chi connectivity index (χ0n) is 10.3. The van der Waals surface area contributed by atoms with Crippen molar-refractivity contribution in [2.24, 2.45) is 0 Å². The molecular formula is C14H18F2N2. The minimum Gasteiger partial charge on any atom is -0.314 e. The van der Waals surface area contributed by atoms with Crippen LogP contribution in [-0.2, 0) is 0 Å². The molecule has 1 fully saturated rings. The van der Waals surface area contributed by atoms with E-state index in [1.165, 1.54) is 0 Å². The lowest BCUT2D eigenvalue weighted by atomic mass is 10.0. The summed E-state index contributed by atoms with van der Waals surface area (Å²) in [5, 5.41) is 3.25.